The van der Waals surface area contributed by atoms with Crippen LogP contribution in [-0.4, -0.2) is 10.2 Å². The van der Waals surface area contributed by atoms with Crippen molar-refractivity contribution in [3.8, 4) is 0 Å². The first-order valence-electron chi connectivity index (χ1n) is 3.52. The van der Waals surface area contributed by atoms with E-state index in [0.29, 0.717) is 6.54 Å². The highest BCUT2D eigenvalue weighted by Crippen LogP contribution is 2.08. The second-order valence-electron chi connectivity index (χ2n) is 2.33. The summed E-state index contributed by atoms with van der Waals surface area (Å²) in [6, 6.07) is 0. The van der Waals surface area contributed by atoms with Crippen LogP contribution in [0.4, 0.5) is 0 Å². The Morgan fingerprint density at radius 1 is 1.60 bits per heavy atom. The van der Waals surface area contributed by atoms with Crippen LogP contribution in [0.5, 0.6) is 0 Å². The molecule has 1 heterocycles. The van der Waals surface area contributed by atoms with Gasteiger partial charge in [-0.3, -0.25) is 5.10 Å². The molecule has 3 nitrogen and oxygen atoms in total. The fourth-order valence-corrected chi connectivity index (χ4v) is 1.02. The molecule has 1 aromatic heterocycles. The average Bonchev–Trinajstić information content (AvgIpc) is 2.30. The summed E-state index contributed by atoms with van der Waals surface area (Å²) >= 11 is 0. The molecular formula is C7H13N3. The zero-order valence-electron chi connectivity index (χ0n) is 6.44. The molecule has 56 valence electrons. The van der Waals surface area contributed by atoms with Crippen molar-refractivity contribution in [2.45, 2.75) is 26.8 Å². The number of aryl methyl sites for hydroxylation is 1. The van der Waals surface area contributed by atoms with Crippen molar-refractivity contribution < 1.29 is 0 Å². The van der Waals surface area contributed by atoms with Gasteiger partial charge in [0, 0.05) is 6.54 Å². The summed E-state index contributed by atoms with van der Waals surface area (Å²) in [5.41, 5.74) is 8.84. The molecule has 10 heavy (non-hydrogen) atoms. The lowest BCUT2D eigenvalue weighted by atomic mass is 10.2. The highest BCUT2D eigenvalue weighted by Gasteiger charge is 2.03. The maximum atomic E-state index is 5.45. The van der Waals surface area contributed by atoms with E-state index >= 15 is 0 Å². The summed E-state index contributed by atoms with van der Waals surface area (Å²) in [5.74, 6) is 0. The summed E-state index contributed by atoms with van der Waals surface area (Å²) < 4.78 is 0. The Bertz CT molecular complexity index is 193. The Morgan fingerprint density at radius 2 is 2.30 bits per heavy atom. The summed E-state index contributed by atoms with van der Waals surface area (Å²) in [4.78, 5) is 0. The van der Waals surface area contributed by atoms with Crippen LogP contribution >= 0.6 is 0 Å². The van der Waals surface area contributed by atoms with Gasteiger partial charge in [0.25, 0.3) is 0 Å². The zero-order valence-corrected chi connectivity index (χ0v) is 6.44. The minimum Gasteiger partial charge on any atom is -0.325 e. The highest BCUT2D eigenvalue weighted by atomic mass is 15.1. The molecule has 0 spiro atoms. The monoisotopic (exact) mass is 139 g/mol. The number of nitrogens with zero attached hydrogens (tertiary/aromatic N) is 1. The molecule has 1 aromatic rings. The quantitative estimate of drug-likeness (QED) is 0.635. The molecule has 1 rings (SSSR count). The predicted octanol–water partition coefficient (Wildman–Crippen LogP) is 0.739. The van der Waals surface area contributed by atoms with Crippen molar-refractivity contribution in [3.05, 3.63) is 17.0 Å². The van der Waals surface area contributed by atoms with Gasteiger partial charge >= 0.3 is 0 Å². The van der Waals surface area contributed by atoms with Gasteiger partial charge in [0.1, 0.15) is 0 Å². The molecule has 3 heteroatoms. The van der Waals surface area contributed by atoms with Crippen molar-refractivity contribution >= 4 is 0 Å². The van der Waals surface area contributed by atoms with Gasteiger partial charge in [-0.05, 0) is 18.9 Å². The molecular weight excluding hydrogens is 126 g/mol. The smallest absolute Gasteiger partial charge is 0.0651 e. The number of aromatic amines is 1. The summed E-state index contributed by atoms with van der Waals surface area (Å²) in [7, 11) is 0. The van der Waals surface area contributed by atoms with Gasteiger partial charge in [0.15, 0.2) is 0 Å². The SMILES string of the molecule is CCc1n[nH]c(CN)c1C. The van der Waals surface area contributed by atoms with Gasteiger partial charge < -0.3 is 5.73 Å². The third kappa shape index (κ3) is 1.04. The predicted molar refractivity (Wildman–Crippen MR) is 40.6 cm³/mol. The lowest BCUT2D eigenvalue weighted by Gasteiger charge is -1.92. The Kier molecular flexibility index (Phi) is 2.06. The van der Waals surface area contributed by atoms with Gasteiger partial charge in [0.2, 0.25) is 0 Å². The van der Waals surface area contributed by atoms with Crippen LogP contribution in [0.1, 0.15) is 23.9 Å². The Morgan fingerprint density at radius 3 is 2.60 bits per heavy atom. The molecule has 0 fully saturated rings. The van der Waals surface area contributed by atoms with E-state index in [1.165, 1.54) is 5.56 Å². The number of hydrogen-bond donors (Lipinski definition) is 2. The first-order valence-corrected chi connectivity index (χ1v) is 3.52. The average molecular weight is 139 g/mol. The second kappa shape index (κ2) is 2.84. The van der Waals surface area contributed by atoms with E-state index in [0.717, 1.165) is 17.8 Å². The largest absolute Gasteiger partial charge is 0.325 e. The number of rotatable bonds is 2. The first kappa shape index (κ1) is 7.28. The minimum atomic E-state index is 0.554. The molecule has 0 saturated carbocycles. The van der Waals surface area contributed by atoms with Gasteiger partial charge in [-0.1, -0.05) is 6.92 Å². The van der Waals surface area contributed by atoms with Crippen LogP contribution in [0.25, 0.3) is 0 Å². The third-order valence-electron chi connectivity index (χ3n) is 1.75. The maximum absolute atomic E-state index is 5.45. The molecule has 0 unspecified atom stereocenters. The highest BCUT2D eigenvalue weighted by molar-refractivity contribution is 5.22. The maximum Gasteiger partial charge on any atom is 0.0651 e. The fourth-order valence-electron chi connectivity index (χ4n) is 1.02. The molecule has 0 radical (unpaired) electrons. The van der Waals surface area contributed by atoms with Gasteiger partial charge in [-0.15, -0.1) is 0 Å². The molecule has 0 aliphatic heterocycles. The van der Waals surface area contributed by atoms with Crippen LogP contribution in [0.15, 0.2) is 0 Å². The zero-order chi connectivity index (χ0) is 7.56. The number of nitrogens with two attached hydrogens (primary N) is 1. The van der Waals surface area contributed by atoms with Gasteiger partial charge in [-0.25, -0.2) is 0 Å². The molecule has 3 N–H and O–H groups in total. The third-order valence-corrected chi connectivity index (χ3v) is 1.75. The van der Waals surface area contributed by atoms with E-state index in [-0.39, 0.29) is 0 Å². The molecule has 0 aliphatic carbocycles. The van der Waals surface area contributed by atoms with E-state index in [9.17, 15) is 0 Å². The van der Waals surface area contributed by atoms with Crippen LogP contribution < -0.4 is 5.73 Å². The lowest BCUT2D eigenvalue weighted by molar-refractivity contribution is 0.921. The van der Waals surface area contributed by atoms with Crippen molar-refractivity contribution in [1.29, 1.82) is 0 Å². The molecule has 0 saturated heterocycles. The lowest BCUT2D eigenvalue weighted by Crippen LogP contribution is -1.98. The van der Waals surface area contributed by atoms with E-state index in [1.54, 1.807) is 0 Å². The van der Waals surface area contributed by atoms with Crippen molar-refractivity contribution in [1.82, 2.24) is 10.2 Å². The van der Waals surface area contributed by atoms with Crippen LogP contribution in [-0.2, 0) is 13.0 Å². The van der Waals surface area contributed by atoms with E-state index < -0.39 is 0 Å². The van der Waals surface area contributed by atoms with Gasteiger partial charge in [0.05, 0.1) is 11.4 Å². The Labute approximate surface area is 60.6 Å². The van der Waals surface area contributed by atoms with Crippen molar-refractivity contribution in [3.63, 3.8) is 0 Å². The van der Waals surface area contributed by atoms with Crippen molar-refractivity contribution in [2.75, 3.05) is 0 Å². The van der Waals surface area contributed by atoms with E-state index in [2.05, 4.69) is 17.1 Å². The Hall–Kier alpha value is -0.830. The number of nitrogens with one attached hydrogen (secondary N) is 1. The van der Waals surface area contributed by atoms with Crippen LogP contribution in [0, 0.1) is 6.92 Å². The van der Waals surface area contributed by atoms with E-state index in [1.807, 2.05) is 6.92 Å². The standard InChI is InChI=1S/C7H13N3/c1-3-6-5(2)7(4-8)10-9-6/h3-4,8H2,1-2H3,(H,9,10). The molecule has 0 aromatic carbocycles. The normalized spacial score (nSPS) is 10.3. The molecule has 0 amide bonds. The van der Waals surface area contributed by atoms with Crippen LogP contribution in [0.3, 0.4) is 0 Å². The first-order chi connectivity index (χ1) is 4.79. The van der Waals surface area contributed by atoms with Crippen LogP contribution in [0.2, 0.25) is 0 Å². The summed E-state index contributed by atoms with van der Waals surface area (Å²) in [6.45, 7) is 4.69. The van der Waals surface area contributed by atoms with Crippen molar-refractivity contribution in [2.24, 2.45) is 5.73 Å². The molecule has 0 aliphatic rings. The summed E-state index contributed by atoms with van der Waals surface area (Å²) in [5, 5.41) is 7.00. The Balaban J connectivity index is 2.97. The topological polar surface area (TPSA) is 54.7 Å². The minimum absolute atomic E-state index is 0.554. The summed E-state index contributed by atoms with van der Waals surface area (Å²) in [6.07, 6.45) is 0.975. The molecule has 0 bridgehead atoms. The fraction of sp³-hybridized carbons (Fsp3) is 0.571. The van der Waals surface area contributed by atoms with E-state index in [4.69, 9.17) is 5.73 Å². The number of aromatic nitrogens is 2. The number of H-pyrrole nitrogens is 1. The second-order valence-corrected chi connectivity index (χ2v) is 2.33. The number of hydrogen-bond acceptors (Lipinski definition) is 2. The van der Waals surface area contributed by atoms with Gasteiger partial charge in [-0.2, -0.15) is 5.10 Å². The molecule has 0 atom stereocenters.